The summed E-state index contributed by atoms with van der Waals surface area (Å²) >= 11 is 5.86. The van der Waals surface area contributed by atoms with Crippen LogP contribution in [0, 0.1) is 20.8 Å². The Morgan fingerprint density at radius 2 is 1.67 bits per heavy atom. The largest absolute Gasteiger partial charge is 0.483 e. The van der Waals surface area contributed by atoms with Gasteiger partial charge in [-0.25, -0.2) is 0 Å². The molecule has 0 aromatic heterocycles. The van der Waals surface area contributed by atoms with E-state index in [2.05, 4.69) is 10.9 Å². The van der Waals surface area contributed by atoms with Crippen LogP contribution < -0.4 is 15.6 Å². The van der Waals surface area contributed by atoms with Crippen LogP contribution >= 0.6 is 11.6 Å². The standard InChI is InChI=1S/C18H19ClN2O3/c1-11-6-12(2)8-14(7-11)18(23)21-20-17(22)10-24-16-5-4-15(19)9-13(16)3/h4-9H,10H2,1-3H3,(H,20,22)(H,21,23). The number of hydrazine groups is 1. The molecule has 0 unspecified atom stereocenters. The Balaban J connectivity index is 1.85. The van der Waals surface area contributed by atoms with Gasteiger partial charge >= 0.3 is 0 Å². The SMILES string of the molecule is Cc1cc(C)cc(C(=O)NNC(=O)COc2ccc(Cl)cc2C)c1. The number of carbonyl (C=O) groups excluding carboxylic acids is 2. The van der Waals surface area contributed by atoms with Gasteiger partial charge in [-0.05, 0) is 56.7 Å². The van der Waals surface area contributed by atoms with Gasteiger partial charge in [-0.1, -0.05) is 28.8 Å². The molecule has 2 rings (SSSR count). The van der Waals surface area contributed by atoms with Crippen molar-refractivity contribution in [3.05, 3.63) is 63.7 Å². The van der Waals surface area contributed by atoms with Crippen LogP contribution in [-0.2, 0) is 4.79 Å². The maximum atomic E-state index is 12.0. The molecule has 5 nitrogen and oxygen atoms in total. The molecule has 0 radical (unpaired) electrons. The van der Waals surface area contributed by atoms with Crippen LogP contribution in [0.25, 0.3) is 0 Å². The highest BCUT2D eigenvalue weighted by atomic mass is 35.5. The van der Waals surface area contributed by atoms with Crippen LogP contribution in [0.1, 0.15) is 27.0 Å². The van der Waals surface area contributed by atoms with Crippen molar-refractivity contribution in [3.63, 3.8) is 0 Å². The molecule has 24 heavy (non-hydrogen) atoms. The summed E-state index contributed by atoms with van der Waals surface area (Å²) < 4.78 is 5.41. The zero-order chi connectivity index (χ0) is 17.7. The summed E-state index contributed by atoms with van der Waals surface area (Å²) in [7, 11) is 0. The predicted molar refractivity (Wildman–Crippen MR) is 93.2 cm³/mol. The van der Waals surface area contributed by atoms with Crippen LogP contribution in [-0.4, -0.2) is 18.4 Å². The van der Waals surface area contributed by atoms with E-state index in [-0.39, 0.29) is 12.5 Å². The van der Waals surface area contributed by atoms with E-state index in [0.717, 1.165) is 16.7 Å². The Morgan fingerprint density at radius 1 is 1.00 bits per heavy atom. The third kappa shape index (κ3) is 4.99. The zero-order valence-corrected chi connectivity index (χ0v) is 14.5. The summed E-state index contributed by atoms with van der Waals surface area (Å²) in [6.45, 7) is 5.44. The fraction of sp³-hybridized carbons (Fsp3) is 0.222. The van der Waals surface area contributed by atoms with Crippen molar-refractivity contribution in [2.75, 3.05) is 6.61 Å². The second kappa shape index (κ2) is 7.84. The molecule has 0 aliphatic heterocycles. The third-order valence-corrected chi connectivity index (χ3v) is 3.53. The maximum absolute atomic E-state index is 12.0. The minimum absolute atomic E-state index is 0.213. The molecule has 6 heteroatoms. The number of benzene rings is 2. The van der Waals surface area contributed by atoms with Gasteiger partial charge in [0.05, 0.1) is 0 Å². The summed E-state index contributed by atoms with van der Waals surface area (Å²) in [5.74, 6) is -0.268. The van der Waals surface area contributed by atoms with Crippen LogP contribution in [0.4, 0.5) is 0 Å². The minimum atomic E-state index is -0.456. The van der Waals surface area contributed by atoms with E-state index in [4.69, 9.17) is 16.3 Å². The molecular weight excluding hydrogens is 328 g/mol. The fourth-order valence-corrected chi connectivity index (χ4v) is 2.49. The second-order valence-corrected chi connectivity index (χ2v) is 6.01. The fourth-order valence-electron chi connectivity index (χ4n) is 2.26. The van der Waals surface area contributed by atoms with E-state index in [1.807, 2.05) is 26.8 Å². The highest BCUT2D eigenvalue weighted by molar-refractivity contribution is 6.30. The van der Waals surface area contributed by atoms with E-state index >= 15 is 0 Å². The van der Waals surface area contributed by atoms with Gasteiger partial charge < -0.3 is 4.74 Å². The van der Waals surface area contributed by atoms with Crippen LogP contribution in [0.15, 0.2) is 36.4 Å². The summed E-state index contributed by atoms with van der Waals surface area (Å²) in [6, 6.07) is 10.6. The van der Waals surface area contributed by atoms with Crippen molar-refractivity contribution in [3.8, 4) is 5.75 Å². The quantitative estimate of drug-likeness (QED) is 0.836. The van der Waals surface area contributed by atoms with Crippen LogP contribution in [0.2, 0.25) is 5.02 Å². The molecule has 0 saturated heterocycles. The lowest BCUT2D eigenvalue weighted by atomic mass is 10.1. The molecule has 0 atom stereocenters. The lowest BCUT2D eigenvalue weighted by molar-refractivity contribution is -0.123. The van der Waals surface area contributed by atoms with Gasteiger partial charge in [-0.2, -0.15) is 0 Å². The number of amides is 2. The first kappa shape index (κ1) is 17.8. The zero-order valence-electron chi connectivity index (χ0n) is 13.8. The van der Waals surface area contributed by atoms with Gasteiger partial charge in [0.1, 0.15) is 5.75 Å². The van der Waals surface area contributed by atoms with Crippen LogP contribution in [0.3, 0.4) is 0 Å². The topological polar surface area (TPSA) is 67.4 Å². The normalized spacial score (nSPS) is 10.2. The smallest absolute Gasteiger partial charge is 0.276 e. The molecule has 2 aromatic carbocycles. The average molecular weight is 347 g/mol. The Hall–Kier alpha value is -2.53. The Morgan fingerprint density at radius 3 is 2.29 bits per heavy atom. The van der Waals surface area contributed by atoms with Crippen molar-refractivity contribution in [2.45, 2.75) is 20.8 Å². The molecule has 2 aromatic rings. The van der Waals surface area contributed by atoms with Gasteiger partial charge in [0, 0.05) is 10.6 Å². The monoisotopic (exact) mass is 346 g/mol. The van der Waals surface area contributed by atoms with E-state index in [1.165, 1.54) is 0 Å². The molecule has 126 valence electrons. The first-order valence-electron chi connectivity index (χ1n) is 7.41. The molecule has 0 saturated carbocycles. The van der Waals surface area contributed by atoms with Crippen molar-refractivity contribution < 1.29 is 14.3 Å². The number of hydrogen-bond acceptors (Lipinski definition) is 3. The molecule has 2 N–H and O–H groups in total. The van der Waals surface area contributed by atoms with Crippen molar-refractivity contribution in [1.82, 2.24) is 10.9 Å². The first-order chi connectivity index (χ1) is 11.3. The Bertz CT molecular complexity index is 755. The van der Waals surface area contributed by atoms with Gasteiger partial charge in [0.2, 0.25) is 0 Å². The molecular formula is C18H19ClN2O3. The van der Waals surface area contributed by atoms with E-state index < -0.39 is 5.91 Å². The van der Waals surface area contributed by atoms with Crippen molar-refractivity contribution in [1.29, 1.82) is 0 Å². The molecule has 0 aliphatic carbocycles. The van der Waals surface area contributed by atoms with Crippen LogP contribution in [0.5, 0.6) is 5.75 Å². The number of rotatable bonds is 4. The Labute approximate surface area is 145 Å². The van der Waals surface area contributed by atoms with Gasteiger partial charge in [0.25, 0.3) is 11.8 Å². The third-order valence-electron chi connectivity index (χ3n) is 3.30. The van der Waals surface area contributed by atoms with Crippen molar-refractivity contribution >= 4 is 23.4 Å². The molecule has 0 heterocycles. The summed E-state index contributed by atoms with van der Waals surface area (Å²) in [6.07, 6.45) is 0. The number of nitrogens with one attached hydrogen (secondary N) is 2. The second-order valence-electron chi connectivity index (χ2n) is 5.58. The molecule has 0 spiro atoms. The summed E-state index contributed by atoms with van der Waals surface area (Å²) in [5.41, 5.74) is 7.98. The van der Waals surface area contributed by atoms with E-state index in [9.17, 15) is 9.59 Å². The summed E-state index contributed by atoms with van der Waals surface area (Å²) in [5, 5.41) is 0.602. The van der Waals surface area contributed by atoms with Gasteiger partial charge in [-0.3, -0.25) is 20.4 Å². The summed E-state index contributed by atoms with van der Waals surface area (Å²) in [4.78, 5) is 23.8. The lowest BCUT2D eigenvalue weighted by Gasteiger charge is -2.11. The van der Waals surface area contributed by atoms with Gasteiger partial charge in [0.15, 0.2) is 6.61 Å². The van der Waals surface area contributed by atoms with E-state index in [0.29, 0.717) is 16.3 Å². The molecule has 2 amide bonds. The maximum Gasteiger partial charge on any atom is 0.276 e. The number of ether oxygens (including phenoxy) is 1. The minimum Gasteiger partial charge on any atom is -0.483 e. The molecule has 0 bridgehead atoms. The number of carbonyl (C=O) groups is 2. The molecule has 0 aliphatic rings. The number of aryl methyl sites for hydroxylation is 3. The van der Waals surface area contributed by atoms with E-state index in [1.54, 1.807) is 30.3 Å². The highest BCUT2D eigenvalue weighted by Gasteiger charge is 2.09. The first-order valence-corrected chi connectivity index (χ1v) is 7.79. The lowest BCUT2D eigenvalue weighted by Crippen LogP contribution is -2.43. The average Bonchev–Trinajstić information content (AvgIpc) is 2.50. The Kier molecular flexibility index (Phi) is 5.82. The predicted octanol–water partition coefficient (Wildman–Crippen LogP) is 3.11. The highest BCUT2D eigenvalue weighted by Crippen LogP contribution is 2.21. The van der Waals surface area contributed by atoms with Crippen molar-refractivity contribution in [2.24, 2.45) is 0 Å². The van der Waals surface area contributed by atoms with Gasteiger partial charge in [-0.15, -0.1) is 0 Å². The number of halogens is 1. The molecule has 0 fully saturated rings. The number of hydrogen-bond donors (Lipinski definition) is 2.